The van der Waals surface area contributed by atoms with E-state index in [9.17, 15) is 9.59 Å². The fourth-order valence-corrected chi connectivity index (χ4v) is 1.54. The molecule has 0 aliphatic carbocycles. The van der Waals surface area contributed by atoms with Crippen molar-refractivity contribution in [3.63, 3.8) is 0 Å². The zero-order valence-electron chi connectivity index (χ0n) is 9.20. The van der Waals surface area contributed by atoms with Crippen LogP contribution in [0.2, 0.25) is 0 Å². The Labute approximate surface area is 84.7 Å². The maximum atomic E-state index is 11.8. The lowest BCUT2D eigenvalue weighted by atomic mass is 9.95. The second-order valence-electron chi connectivity index (χ2n) is 4.00. The van der Waals surface area contributed by atoms with E-state index in [0.29, 0.717) is 0 Å². The van der Waals surface area contributed by atoms with Gasteiger partial charge in [0.1, 0.15) is 12.1 Å². The van der Waals surface area contributed by atoms with Gasteiger partial charge in [-0.2, -0.15) is 0 Å². The fraction of sp³-hybridized carbons (Fsp3) is 0.800. The molecular weight excluding hydrogens is 180 g/mol. The van der Waals surface area contributed by atoms with Crippen molar-refractivity contribution in [1.82, 2.24) is 10.2 Å². The molecule has 0 aromatic rings. The smallest absolute Gasteiger partial charge is 0.245 e. The van der Waals surface area contributed by atoms with Crippen LogP contribution in [0, 0.1) is 5.92 Å². The summed E-state index contributed by atoms with van der Waals surface area (Å²) in [6.45, 7) is 5.73. The number of hydrogen-bond acceptors (Lipinski definition) is 2. The Bertz CT molecular complexity index is 253. The molecule has 4 heteroatoms. The minimum atomic E-state index is -0.345. The molecule has 14 heavy (non-hydrogen) atoms. The highest BCUT2D eigenvalue weighted by molar-refractivity contribution is 5.96. The van der Waals surface area contributed by atoms with Crippen molar-refractivity contribution >= 4 is 11.8 Å². The summed E-state index contributed by atoms with van der Waals surface area (Å²) in [6.07, 6.45) is 0.888. The Morgan fingerprint density at radius 3 is 2.57 bits per heavy atom. The first-order valence-electron chi connectivity index (χ1n) is 5.06. The van der Waals surface area contributed by atoms with Gasteiger partial charge in [0.15, 0.2) is 0 Å². The van der Waals surface area contributed by atoms with Gasteiger partial charge in [0, 0.05) is 7.05 Å². The maximum absolute atomic E-state index is 11.8. The van der Waals surface area contributed by atoms with Gasteiger partial charge in [-0.25, -0.2) is 0 Å². The number of carbonyl (C=O) groups is 2. The molecule has 3 atom stereocenters. The van der Waals surface area contributed by atoms with E-state index in [0.717, 1.165) is 6.42 Å². The normalized spacial score (nSPS) is 30.1. The molecule has 1 fully saturated rings. The second-order valence-corrected chi connectivity index (χ2v) is 4.00. The number of amides is 2. The van der Waals surface area contributed by atoms with Gasteiger partial charge in [0.25, 0.3) is 0 Å². The third kappa shape index (κ3) is 1.74. The molecule has 0 saturated carbocycles. The van der Waals surface area contributed by atoms with E-state index in [-0.39, 0.29) is 29.8 Å². The molecule has 1 saturated heterocycles. The van der Waals surface area contributed by atoms with E-state index in [4.69, 9.17) is 0 Å². The highest BCUT2D eigenvalue weighted by Gasteiger charge is 2.37. The Kier molecular flexibility index (Phi) is 3.13. The van der Waals surface area contributed by atoms with Crippen LogP contribution in [0.25, 0.3) is 0 Å². The highest BCUT2D eigenvalue weighted by atomic mass is 16.2. The molecule has 0 aromatic carbocycles. The van der Waals surface area contributed by atoms with Crippen molar-refractivity contribution in [3.8, 4) is 0 Å². The van der Waals surface area contributed by atoms with Crippen LogP contribution in [-0.4, -0.2) is 35.8 Å². The van der Waals surface area contributed by atoms with Gasteiger partial charge in [-0.1, -0.05) is 20.3 Å². The van der Waals surface area contributed by atoms with Gasteiger partial charge < -0.3 is 10.2 Å². The quantitative estimate of drug-likeness (QED) is 0.697. The minimum Gasteiger partial charge on any atom is -0.342 e. The first-order valence-corrected chi connectivity index (χ1v) is 5.06. The van der Waals surface area contributed by atoms with Gasteiger partial charge >= 0.3 is 0 Å². The molecule has 1 heterocycles. The Balaban J connectivity index is 2.80. The molecule has 0 radical (unpaired) electrons. The van der Waals surface area contributed by atoms with Crippen LogP contribution < -0.4 is 5.32 Å². The highest BCUT2D eigenvalue weighted by Crippen LogP contribution is 2.15. The van der Waals surface area contributed by atoms with Crippen LogP contribution >= 0.6 is 0 Å². The molecule has 1 aliphatic rings. The predicted molar refractivity (Wildman–Crippen MR) is 53.6 cm³/mol. The third-order valence-corrected chi connectivity index (χ3v) is 3.08. The molecular formula is C10H18N2O2. The number of hydrogen-bond donors (Lipinski definition) is 1. The summed E-state index contributed by atoms with van der Waals surface area (Å²) < 4.78 is 0. The summed E-state index contributed by atoms with van der Waals surface area (Å²) >= 11 is 0. The maximum Gasteiger partial charge on any atom is 0.245 e. The molecule has 1 rings (SSSR count). The van der Waals surface area contributed by atoms with E-state index in [2.05, 4.69) is 5.32 Å². The number of carbonyl (C=O) groups excluding carboxylic acids is 2. The van der Waals surface area contributed by atoms with E-state index in [1.54, 1.807) is 14.0 Å². The Hall–Kier alpha value is -1.06. The monoisotopic (exact) mass is 198 g/mol. The molecule has 0 bridgehead atoms. The molecule has 1 aliphatic heterocycles. The Morgan fingerprint density at radius 2 is 2.07 bits per heavy atom. The summed E-state index contributed by atoms with van der Waals surface area (Å²) in [7, 11) is 1.68. The van der Waals surface area contributed by atoms with Gasteiger partial charge in [0.2, 0.25) is 11.8 Å². The molecule has 80 valence electrons. The van der Waals surface area contributed by atoms with Crippen LogP contribution in [0.1, 0.15) is 27.2 Å². The van der Waals surface area contributed by atoms with E-state index in [1.165, 1.54) is 4.90 Å². The standard InChI is InChI=1S/C10H18N2O2/c1-5-6(2)8-10(14)12(4)7(3)9(13)11-8/h6-8H,5H2,1-4H3,(H,11,13). The molecule has 3 unspecified atom stereocenters. The van der Waals surface area contributed by atoms with Crippen LogP contribution in [-0.2, 0) is 9.59 Å². The Morgan fingerprint density at radius 1 is 1.50 bits per heavy atom. The molecule has 1 N–H and O–H groups in total. The number of likely N-dealkylation sites (N-methyl/N-ethyl adjacent to an activating group) is 1. The summed E-state index contributed by atoms with van der Waals surface area (Å²) in [4.78, 5) is 24.8. The lowest BCUT2D eigenvalue weighted by molar-refractivity contribution is -0.148. The third-order valence-electron chi connectivity index (χ3n) is 3.08. The van der Waals surface area contributed by atoms with Crippen molar-refractivity contribution in [3.05, 3.63) is 0 Å². The van der Waals surface area contributed by atoms with Crippen LogP contribution in [0.3, 0.4) is 0 Å². The van der Waals surface area contributed by atoms with Crippen LogP contribution in [0.4, 0.5) is 0 Å². The fourth-order valence-electron chi connectivity index (χ4n) is 1.54. The first-order chi connectivity index (χ1) is 6.49. The van der Waals surface area contributed by atoms with Gasteiger partial charge in [-0.15, -0.1) is 0 Å². The van der Waals surface area contributed by atoms with Crippen LogP contribution in [0.5, 0.6) is 0 Å². The van der Waals surface area contributed by atoms with E-state index >= 15 is 0 Å². The lowest BCUT2D eigenvalue weighted by Crippen LogP contribution is -2.62. The molecule has 4 nitrogen and oxygen atoms in total. The van der Waals surface area contributed by atoms with Crippen LogP contribution in [0.15, 0.2) is 0 Å². The zero-order valence-corrected chi connectivity index (χ0v) is 9.20. The van der Waals surface area contributed by atoms with Gasteiger partial charge in [-0.05, 0) is 12.8 Å². The predicted octanol–water partition coefficient (Wildman–Crippen LogP) is 0.378. The van der Waals surface area contributed by atoms with Crippen molar-refractivity contribution < 1.29 is 9.59 Å². The summed E-state index contributed by atoms with van der Waals surface area (Å²) in [6, 6.07) is -0.684. The number of rotatable bonds is 2. The van der Waals surface area contributed by atoms with Crippen molar-refractivity contribution in [2.24, 2.45) is 5.92 Å². The summed E-state index contributed by atoms with van der Waals surface area (Å²) in [5.41, 5.74) is 0. The van der Waals surface area contributed by atoms with E-state index in [1.807, 2.05) is 13.8 Å². The zero-order chi connectivity index (χ0) is 10.9. The second kappa shape index (κ2) is 3.98. The largest absolute Gasteiger partial charge is 0.342 e. The van der Waals surface area contributed by atoms with Gasteiger partial charge in [-0.3, -0.25) is 9.59 Å². The summed E-state index contributed by atoms with van der Waals surface area (Å²) in [5.74, 6) is 0.158. The lowest BCUT2D eigenvalue weighted by Gasteiger charge is -2.37. The minimum absolute atomic E-state index is 0.0199. The summed E-state index contributed by atoms with van der Waals surface area (Å²) in [5, 5.41) is 2.77. The van der Waals surface area contributed by atoms with Crippen molar-refractivity contribution in [2.75, 3.05) is 7.05 Å². The topological polar surface area (TPSA) is 49.4 Å². The van der Waals surface area contributed by atoms with Crippen molar-refractivity contribution in [1.29, 1.82) is 0 Å². The van der Waals surface area contributed by atoms with E-state index < -0.39 is 0 Å². The number of nitrogens with one attached hydrogen (secondary N) is 1. The SMILES string of the molecule is CCC(C)C1NC(=O)C(C)N(C)C1=O. The average Bonchev–Trinajstić information content (AvgIpc) is 2.19. The molecule has 0 aromatic heterocycles. The molecule has 2 amide bonds. The van der Waals surface area contributed by atoms with Crippen molar-refractivity contribution in [2.45, 2.75) is 39.3 Å². The first kappa shape index (κ1) is 11.0. The number of nitrogens with zero attached hydrogens (tertiary/aromatic N) is 1. The average molecular weight is 198 g/mol. The molecule has 0 spiro atoms. The van der Waals surface area contributed by atoms with Gasteiger partial charge in [0.05, 0.1) is 0 Å². The number of piperazine rings is 1.